The fraction of sp³-hybridized carbons (Fsp3) is 0.333. The maximum atomic E-state index is 13.1. The molecule has 1 aliphatic heterocycles. The Balaban J connectivity index is 1.71. The fourth-order valence-corrected chi connectivity index (χ4v) is 2.97. The van der Waals surface area contributed by atoms with Crippen LogP contribution in [-0.2, 0) is 6.54 Å². The summed E-state index contributed by atoms with van der Waals surface area (Å²) >= 11 is 0. The molecule has 24 heavy (non-hydrogen) atoms. The summed E-state index contributed by atoms with van der Waals surface area (Å²) in [5, 5.41) is 2.85. The Labute approximate surface area is 140 Å². The van der Waals surface area contributed by atoms with Gasteiger partial charge in [-0.2, -0.15) is 0 Å². The van der Waals surface area contributed by atoms with Crippen molar-refractivity contribution < 1.29 is 9.18 Å². The zero-order valence-electron chi connectivity index (χ0n) is 13.5. The van der Waals surface area contributed by atoms with Crippen molar-refractivity contribution in [2.75, 3.05) is 23.7 Å². The van der Waals surface area contributed by atoms with E-state index in [2.05, 4.69) is 15.2 Å². The Morgan fingerprint density at radius 3 is 2.79 bits per heavy atom. The van der Waals surface area contributed by atoms with Crippen molar-refractivity contribution in [1.82, 2.24) is 10.3 Å². The third-order valence-corrected chi connectivity index (χ3v) is 4.22. The van der Waals surface area contributed by atoms with Crippen molar-refractivity contribution in [2.45, 2.75) is 25.8 Å². The number of piperidine rings is 1. The molecule has 0 radical (unpaired) electrons. The van der Waals surface area contributed by atoms with E-state index in [0.29, 0.717) is 6.54 Å². The molecular weight excluding hydrogens is 307 g/mol. The quantitative estimate of drug-likeness (QED) is 0.847. The molecule has 3 rings (SSSR count). The van der Waals surface area contributed by atoms with Crippen LogP contribution in [-0.4, -0.2) is 24.0 Å². The molecule has 0 spiro atoms. The van der Waals surface area contributed by atoms with Gasteiger partial charge in [-0.3, -0.25) is 4.79 Å². The third-order valence-electron chi connectivity index (χ3n) is 4.22. The van der Waals surface area contributed by atoms with Gasteiger partial charge in [-0.25, -0.2) is 9.37 Å². The Bertz CT molecular complexity index is 729. The molecule has 0 atom stereocenters. The van der Waals surface area contributed by atoms with Crippen molar-refractivity contribution in [2.24, 2.45) is 0 Å². The van der Waals surface area contributed by atoms with Crippen molar-refractivity contribution in [3.63, 3.8) is 0 Å². The zero-order valence-corrected chi connectivity index (χ0v) is 13.5. The van der Waals surface area contributed by atoms with Gasteiger partial charge in [0.05, 0.1) is 5.56 Å². The standard InChI is InChI=1S/C18H21FN4O/c19-14-6-7-15(16(20)11-14)18(24)22-12-13-5-4-8-21-17(13)23-9-2-1-3-10-23/h4-8,11H,1-3,9-10,12,20H2,(H,22,24). The van der Waals surface area contributed by atoms with E-state index in [1.54, 1.807) is 6.20 Å². The number of anilines is 2. The maximum absolute atomic E-state index is 13.1. The van der Waals surface area contributed by atoms with E-state index in [1.165, 1.54) is 18.6 Å². The summed E-state index contributed by atoms with van der Waals surface area (Å²) in [4.78, 5) is 19.0. The third kappa shape index (κ3) is 3.64. The van der Waals surface area contributed by atoms with E-state index in [9.17, 15) is 9.18 Å². The second-order valence-electron chi connectivity index (χ2n) is 5.95. The average Bonchev–Trinajstić information content (AvgIpc) is 2.61. The van der Waals surface area contributed by atoms with Crippen LogP contribution in [0.15, 0.2) is 36.5 Å². The van der Waals surface area contributed by atoms with Gasteiger partial charge in [0.15, 0.2) is 0 Å². The Morgan fingerprint density at radius 2 is 2.04 bits per heavy atom. The van der Waals surface area contributed by atoms with Crippen LogP contribution in [0.3, 0.4) is 0 Å². The van der Waals surface area contributed by atoms with Crippen LogP contribution in [0, 0.1) is 5.82 Å². The minimum absolute atomic E-state index is 0.134. The fourth-order valence-electron chi connectivity index (χ4n) is 2.97. The molecule has 0 bridgehead atoms. The van der Waals surface area contributed by atoms with Crippen LogP contribution in [0.4, 0.5) is 15.9 Å². The van der Waals surface area contributed by atoms with Crippen LogP contribution < -0.4 is 16.0 Å². The molecule has 3 N–H and O–H groups in total. The van der Waals surface area contributed by atoms with Gasteiger partial charge >= 0.3 is 0 Å². The highest BCUT2D eigenvalue weighted by Gasteiger charge is 2.16. The van der Waals surface area contributed by atoms with Crippen LogP contribution in [0.2, 0.25) is 0 Å². The van der Waals surface area contributed by atoms with Gasteiger partial charge in [-0.15, -0.1) is 0 Å². The van der Waals surface area contributed by atoms with Crippen LogP contribution in [0.1, 0.15) is 35.2 Å². The molecule has 0 saturated carbocycles. The van der Waals surface area contributed by atoms with Crippen LogP contribution >= 0.6 is 0 Å². The first-order valence-electron chi connectivity index (χ1n) is 8.17. The highest BCUT2D eigenvalue weighted by molar-refractivity contribution is 5.99. The smallest absolute Gasteiger partial charge is 0.253 e. The first kappa shape index (κ1) is 16.2. The van der Waals surface area contributed by atoms with Gasteiger partial charge in [-0.05, 0) is 43.5 Å². The molecule has 0 unspecified atom stereocenters. The molecule has 1 saturated heterocycles. The maximum Gasteiger partial charge on any atom is 0.253 e. The summed E-state index contributed by atoms with van der Waals surface area (Å²) in [6.07, 6.45) is 5.34. The number of nitrogen functional groups attached to an aromatic ring is 1. The Kier molecular flexibility index (Phi) is 4.93. The number of hydrogen-bond donors (Lipinski definition) is 2. The second-order valence-corrected chi connectivity index (χ2v) is 5.95. The summed E-state index contributed by atoms with van der Waals surface area (Å²) in [5.41, 5.74) is 7.09. The molecule has 126 valence electrons. The molecule has 6 heteroatoms. The van der Waals surface area contributed by atoms with E-state index in [-0.39, 0.29) is 17.2 Å². The topological polar surface area (TPSA) is 71.2 Å². The van der Waals surface area contributed by atoms with E-state index < -0.39 is 5.82 Å². The predicted octanol–water partition coefficient (Wildman–Crippen LogP) is 2.72. The van der Waals surface area contributed by atoms with Crippen LogP contribution in [0.5, 0.6) is 0 Å². The number of nitrogens with zero attached hydrogens (tertiary/aromatic N) is 2. The summed E-state index contributed by atoms with van der Waals surface area (Å²) < 4.78 is 13.1. The number of rotatable bonds is 4. The molecule has 1 fully saturated rings. The minimum atomic E-state index is -0.455. The molecule has 2 aromatic rings. The molecule has 0 aliphatic carbocycles. The summed E-state index contributed by atoms with van der Waals surface area (Å²) in [7, 11) is 0. The van der Waals surface area contributed by atoms with Gasteiger partial charge in [0.1, 0.15) is 11.6 Å². The van der Waals surface area contributed by atoms with Gasteiger partial charge < -0.3 is 16.0 Å². The molecular formula is C18H21FN4O. The normalized spacial score (nSPS) is 14.5. The summed E-state index contributed by atoms with van der Waals surface area (Å²) in [6, 6.07) is 7.61. The lowest BCUT2D eigenvalue weighted by molar-refractivity contribution is 0.0952. The van der Waals surface area contributed by atoms with Gasteiger partial charge in [0, 0.05) is 37.1 Å². The van der Waals surface area contributed by atoms with Crippen LogP contribution in [0.25, 0.3) is 0 Å². The lowest BCUT2D eigenvalue weighted by atomic mass is 10.1. The number of nitrogens with two attached hydrogens (primary N) is 1. The van der Waals surface area contributed by atoms with Crippen molar-refractivity contribution in [1.29, 1.82) is 0 Å². The molecule has 2 heterocycles. The Morgan fingerprint density at radius 1 is 1.25 bits per heavy atom. The first-order valence-corrected chi connectivity index (χ1v) is 8.17. The van der Waals surface area contributed by atoms with E-state index in [1.807, 2.05) is 12.1 Å². The van der Waals surface area contributed by atoms with Crippen molar-refractivity contribution in [3.05, 3.63) is 53.5 Å². The Hall–Kier alpha value is -2.63. The molecule has 1 aliphatic rings. The number of carbonyl (C=O) groups is 1. The molecule has 1 aromatic carbocycles. The number of halogens is 1. The van der Waals surface area contributed by atoms with Gasteiger partial charge in [0.25, 0.3) is 5.91 Å². The SMILES string of the molecule is Nc1cc(F)ccc1C(=O)NCc1cccnc1N1CCCCC1. The number of pyridine rings is 1. The van der Waals surface area contributed by atoms with Crippen molar-refractivity contribution in [3.8, 4) is 0 Å². The van der Waals surface area contributed by atoms with Crippen molar-refractivity contribution >= 4 is 17.4 Å². The first-order chi connectivity index (χ1) is 11.6. The number of aromatic nitrogens is 1. The second kappa shape index (κ2) is 7.29. The molecule has 1 amide bonds. The highest BCUT2D eigenvalue weighted by Crippen LogP contribution is 2.22. The number of benzene rings is 1. The number of amides is 1. The summed E-state index contributed by atoms with van der Waals surface area (Å²) in [5.74, 6) is 0.147. The van der Waals surface area contributed by atoms with Gasteiger partial charge in [-0.1, -0.05) is 6.07 Å². The average molecular weight is 328 g/mol. The van der Waals surface area contributed by atoms with E-state index in [0.717, 1.165) is 43.4 Å². The van der Waals surface area contributed by atoms with E-state index in [4.69, 9.17) is 5.73 Å². The minimum Gasteiger partial charge on any atom is -0.398 e. The zero-order chi connectivity index (χ0) is 16.9. The lowest BCUT2D eigenvalue weighted by Crippen LogP contribution is -2.32. The van der Waals surface area contributed by atoms with E-state index >= 15 is 0 Å². The van der Waals surface area contributed by atoms with Gasteiger partial charge in [0.2, 0.25) is 0 Å². The molecule has 5 nitrogen and oxygen atoms in total. The predicted molar refractivity (Wildman–Crippen MR) is 92.3 cm³/mol. The largest absolute Gasteiger partial charge is 0.398 e. The monoisotopic (exact) mass is 328 g/mol. The molecule has 1 aromatic heterocycles. The number of nitrogens with one attached hydrogen (secondary N) is 1. The highest BCUT2D eigenvalue weighted by atomic mass is 19.1. The number of hydrogen-bond acceptors (Lipinski definition) is 4. The summed E-state index contributed by atoms with van der Waals surface area (Å²) in [6.45, 7) is 2.33. The number of carbonyl (C=O) groups excluding carboxylic acids is 1. The lowest BCUT2D eigenvalue weighted by Gasteiger charge is -2.29.